The van der Waals surface area contributed by atoms with Crippen LogP contribution in [0.4, 0.5) is 0 Å². The van der Waals surface area contributed by atoms with Crippen LogP contribution in [0.15, 0.2) is 30.2 Å². The normalized spacial score (nSPS) is 10.9. The average molecular weight is 343 g/mol. The van der Waals surface area contributed by atoms with Crippen LogP contribution in [-0.4, -0.2) is 32.8 Å². The second-order valence-corrected chi connectivity index (χ2v) is 4.88. The van der Waals surface area contributed by atoms with Crippen LogP contribution in [0.5, 0.6) is 5.75 Å². The van der Waals surface area contributed by atoms with Gasteiger partial charge in [-0.2, -0.15) is 0 Å². The third-order valence-electron chi connectivity index (χ3n) is 2.72. The number of hydrogen-bond donors (Lipinski definition) is 0. The number of unbranched alkanes of at least 4 members (excludes halogenated alkanes) is 1. The zero-order valence-electron chi connectivity index (χ0n) is 13.3. The highest BCUT2D eigenvalue weighted by molar-refractivity contribution is 6.31. The van der Waals surface area contributed by atoms with Crippen molar-refractivity contribution < 1.29 is 28.5 Å². The van der Waals surface area contributed by atoms with E-state index in [0.29, 0.717) is 11.6 Å². The topological polar surface area (TPSA) is 71.1 Å². The highest BCUT2D eigenvalue weighted by Gasteiger charge is 2.20. The third kappa shape index (κ3) is 5.83. The summed E-state index contributed by atoms with van der Waals surface area (Å²) in [4.78, 5) is 23.8. The predicted molar refractivity (Wildman–Crippen MR) is 84.4 cm³/mol. The molecule has 1 aromatic rings. The Morgan fingerprint density at radius 2 is 2.00 bits per heavy atom. The molecule has 7 heteroatoms. The second-order valence-electron chi connectivity index (χ2n) is 4.44. The van der Waals surface area contributed by atoms with Crippen molar-refractivity contribution in [1.82, 2.24) is 0 Å². The molecule has 0 aliphatic heterocycles. The Hall–Kier alpha value is -2.21. The molecule has 0 aliphatic carbocycles. The summed E-state index contributed by atoms with van der Waals surface area (Å²) < 4.78 is 19.9. The zero-order chi connectivity index (χ0) is 17.2. The van der Waals surface area contributed by atoms with Gasteiger partial charge in [0, 0.05) is 5.02 Å². The van der Waals surface area contributed by atoms with E-state index in [1.165, 1.54) is 32.4 Å². The molecule has 0 spiro atoms. The van der Waals surface area contributed by atoms with E-state index in [9.17, 15) is 9.59 Å². The van der Waals surface area contributed by atoms with Crippen molar-refractivity contribution in [2.45, 2.75) is 19.8 Å². The van der Waals surface area contributed by atoms with Gasteiger partial charge in [-0.05, 0) is 24.6 Å². The van der Waals surface area contributed by atoms with E-state index < -0.39 is 11.9 Å². The first kappa shape index (κ1) is 18.8. The standard InChI is InChI=1S/C16H19ClO6/c1-4-5-8-22-15(18)12-9-11(17)6-7-13(12)23-14(10-20-2)16(19)21-3/h6-7,9-10H,4-5,8H2,1-3H3/b14-10+. The molecule has 0 aliphatic rings. The summed E-state index contributed by atoms with van der Waals surface area (Å²) >= 11 is 5.92. The second kappa shape index (κ2) is 9.74. The summed E-state index contributed by atoms with van der Waals surface area (Å²) in [7, 11) is 2.56. The Morgan fingerprint density at radius 1 is 1.26 bits per heavy atom. The largest absolute Gasteiger partial charge is 0.500 e. The molecular weight excluding hydrogens is 324 g/mol. The van der Waals surface area contributed by atoms with Crippen molar-refractivity contribution in [1.29, 1.82) is 0 Å². The number of halogens is 1. The SMILES string of the molecule is CCCCOC(=O)c1cc(Cl)ccc1O/C(=C/OC)C(=O)OC. The Bertz CT molecular complexity index is 582. The van der Waals surface area contributed by atoms with Crippen LogP contribution in [0.25, 0.3) is 0 Å². The average Bonchev–Trinajstić information content (AvgIpc) is 2.55. The van der Waals surface area contributed by atoms with Gasteiger partial charge in [0.15, 0.2) is 0 Å². The first-order valence-electron chi connectivity index (χ1n) is 6.99. The van der Waals surface area contributed by atoms with Crippen LogP contribution in [-0.2, 0) is 19.0 Å². The molecule has 1 aromatic carbocycles. The monoisotopic (exact) mass is 342 g/mol. The quantitative estimate of drug-likeness (QED) is 0.312. The van der Waals surface area contributed by atoms with Crippen LogP contribution >= 0.6 is 11.6 Å². The molecule has 0 amide bonds. The molecule has 0 saturated heterocycles. The van der Waals surface area contributed by atoms with Gasteiger partial charge in [0.05, 0.1) is 20.8 Å². The minimum Gasteiger partial charge on any atom is -0.500 e. The van der Waals surface area contributed by atoms with E-state index in [1.807, 2.05) is 6.92 Å². The van der Waals surface area contributed by atoms with Crippen LogP contribution in [0, 0.1) is 0 Å². The van der Waals surface area contributed by atoms with E-state index >= 15 is 0 Å². The smallest absolute Gasteiger partial charge is 0.377 e. The van der Waals surface area contributed by atoms with E-state index in [1.54, 1.807) is 0 Å². The van der Waals surface area contributed by atoms with Crippen LogP contribution in [0.3, 0.4) is 0 Å². The minimum absolute atomic E-state index is 0.111. The van der Waals surface area contributed by atoms with Gasteiger partial charge in [0.2, 0.25) is 5.76 Å². The molecule has 6 nitrogen and oxygen atoms in total. The molecule has 0 heterocycles. The Kier molecular flexibility index (Phi) is 7.97. The third-order valence-corrected chi connectivity index (χ3v) is 2.96. The van der Waals surface area contributed by atoms with Gasteiger partial charge in [-0.15, -0.1) is 0 Å². The molecule has 0 unspecified atom stereocenters. The van der Waals surface area contributed by atoms with Crippen molar-refractivity contribution in [3.63, 3.8) is 0 Å². The van der Waals surface area contributed by atoms with E-state index in [-0.39, 0.29) is 17.1 Å². The van der Waals surface area contributed by atoms with E-state index in [4.69, 9.17) is 25.8 Å². The Morgan fingerprint density at radius 3 is 2.61 bits per heavy atom. The fourth-order valence-corrected chi connectivity index (χ4v) is 1.75. The number of benzene rings is 1. The maximum atomic E-state index is 12.1. The molecule has 0 aromatic heterocycles. The number of carbonyl (C=O) groups is 2. The highest BCUT2D eigenvalue weighted by atomic mass is 35.5. The Labute approximate surface area is 139 Å². The molecule has 23 heavy (non-hydrogen) atoms. The van der Waals surface area contributed by atoms with Crippen LogP contribution in [0.2, 0.25) is 5.02 Å². The lowest BCUT2D eigenvalue weighted by molar-refractivity contribution is -0.138. The van der Waals surface area contributed by atoms with E-state index in [2.05, 4.69) is 4.74 Å². The molecule has 0 radical (unpaired) electrons. The summed E-state index contributed by atoms with van der Waals surface area (Å²) in [6.07, 6.45) is 2.72. The summed E-state index contributed by atoms with van der Waals surface area (Å²) in [5.74, 6) is -1.42. The molecule has 0 N–H and O–H groups in total. The zero-order valence-corrected chi connectivity index (χ0v) is 14.0. The van der Waals surface area contributed by atoms with Gasteiger partial charge in [0.1, 0.15) is 17.6 Å². The molecule has 0 atom stereocenters. The van der Waals surface area contributed by atoms with Crippen LogP contribution in [0.1, 0.15) is 30.1 Å². The lowest BCUT2D eigenvalue weighted by Gasteiger charge is -2.12. The molecule has 0 fully saturated rings. The maximum absolute atomic E-state index is 12.1. The highest BCUT2D eigenvalue weighted by Crippen LogP contribution is 2.26. The molecule has 1 rings (SSSR count). The summed E-state index contributed by atoms with van der Waals surface area (Å²) in [6.45, 7) is 2.28. The predicted octanol–water partition coefficient (Wildman–Crippen LogP) is 3.34. The van der Waals surface area contributed by atoms with Crippen molar-refractivity contribution in [2.75, 3.05) is 20.8 Å². The van der Waals surface area contributed by atoms with Crippen molar-refractivity contribution in [3.8, 4) is 5.75 Å². The van der Waals surface area contributed by atoms with Crippen LogP contribution < -0.4 is 4.74 Å². The number of hydrogen-bond acceptors (Lipinski definition) is 6. The summed E-state index contributed by atoms with van der Waals surface area (Å²) in [6, 6.07) is 4.40. The number of methoxy groups -OCH3 is 2. The molecule has 126 valence electrons. The fourth-order valence-electron chi connectivity index (χ4n) is 1.58. The first-order valence-corrected chi connectivity index (χ1v) is 7.37. The van der Waals surface area contributed by atoms with E-state index in [0.717, 1.165) is 19.1 Å². The molecule has 0 bridgehead atoms. The van der Waals surface area contributed by atoms with Gasteiger partial charge in [-0.3, -0.25) is 0 Å². The van der Waals surface area contributed by atoms with Crippen molar-refractivity contribution in [2.24, 2.45) is 0 Å². The van der Waals surface area contributed by atoms with Gasteiger partial charge in [-0.1, -0.05) is 24.9 Å². The van der Waals surface area contributed by atoms with Crippen molar-refractivity contribution >= 4 is 23.5 Å². The van der Waals surface area contributed by atoms with Gasteiger partial charge < -0.3 is 18.9 Å². The van der Waals surface area contributed by atoms with Crippen molar-refractivity contribution in [3.05, 3.63) is 40.8 Å². The lowest BCUT2D eigenvalue weighted by atomic mass is 10.2. The molecular formula is C16H19ClO6. The molecule has 0 saturated carbocycles. The first-order chi connectivity index (χ1) is 11.0. The minimum atomic E-state index is -0.743. The lowest BCUT2D eigenvalue weighted by Crippen LogP contribution is -2.14. The fraction of sp³-hybridized carbons (Fsp3) is 0.375. The number of carbonyl (C=O) groups excluding carboxylic acids is 2. The van der Waals surface area contributed by atoms with Gasteiger partial charge >= 0.3 is 11.9 Å². The summed E-state index contributed by atoms with van der Waals surface area (Å²) in [5, 5.41) is 0.343. The Balaban J connectivity index is 3.04. The summed E-state index contributed by atoms with van der Waals surface area (Å²) in [5.41, 5.74) is 0.111. The number of esters is 2. The van der Waals surface area contributed by atoms with Gasteiger partial charge in [0.25, 0.3) is 0 Å². The maximum Gasteiger partial charge on any atom is 0.377 e. The van der Waals surface area contributed by atoms with Gasteiger partial charge in [-0.25, -0.2) is 9.59 Å². The number of ether oxygens (including phenoxy) is 4. The number of rotatable bonds is 8.